The summed E-state index contributed by atoms with van der Waals surface area (Å²) in [6, 6.07) is 46.7. The maximum absolute atomic E-state index is 11.0. The Bertz CT molecular complexity index is 1470. The van der Waals surface area contributed by atoms with Gasteiger partial charge in [-0.3, -0.25) is 0 Å². The van der Waals surface area contributed by atoms with Crippen LogP contribution in [-0.4, -0.2) is 18.2 Å². The van der Waals surface area contributed by atoms with Crippen LogP contribution in [0.5, 0.6) is 5.75 Å². The molecule has 6 aromatic rings. The highest BCUT2D eigenvalue weighted by molar-refractivity contribution is 7.22. The van der Waals surface area contributed by atoms with Crippen LogP contribution >= 0.6 is 11.3 Å². The third kappa shape index (κ3) is 3.68. The summed E-state index contributed by atoms with van der Waals surface area (Å²) in [6.45, 7) is 0. The minimum absolute atomic E-state index is 0.255. The van der Waals surface area contributed by atoms with Gasteiger partial charge in [-0.15, -0.1) is 11.3 Å². The maximum Gasteiger partial charge on any atom is 0.179 e. The number of para-hydroxylation sites is 1. The molecule has 0 unspecified atom stereocenters. The Hall–Kier alpha value is -3.99. The first-order chi connectivity index (χ1) is 17.3. The normalized spacial score (nSPS) is 11.5. The molecule has 0 saturated heterocycles. The lowest BCUT2D eigenvalue weighted by Gasteiger charge is -2.34. The molecule has 0 aliphatic heterocycles. The van der Waals surface area contributed by atoms with E-state index < -0.39 is 8.07 Å². The first-order valence-corrected chi connectivity index (χ1v) is 14.4. The van der Waals surface area contributed by atoms with Gasteiger partial charge in [0, 0.05) is 0 Å². The zero-order valence-corrected chi connectivity index (χ0v) is 20.8. The van der Waals surface area contributed by atoms with Crippen LogP contribution in [0.1, 0.15) is 0 Å². The van der Waals surface area contributed by atoms with Gasteiger partial charge >= 0.3 is 0 Å². The number of benzene rings is 5. The van der Waals surface area contributed by atoms with Gasteiger partial charge in [-0.1, -0.05) is 109 Å². The second kappa shape index (κ2) is 8.99. The van der Waals surface area contributed by atoms with Crippen LogP contribution in [0.4, 0.5) is 0 Å². The molecule has 168 valence electrons. The molecular formula is C31H23NOSSi. The summed E-state index contributed by atoms with van der Waals surface area (Å²) in [4.78, 5) is 4.86. The number of aromatic nitrogens is 1. The van der Waals surface area contributed by atoms with Crippen molar-refractivity contribution in [3.8, 4) is 16.3 Å². The van der Waals surface area contributed by atoms with Gasteiger partial charge in [-0.25, -0.2) is 4.98 Å². The van der Waals surface area contributed by atoms with E-state index in [-0.39, 0.29) is 5.75 Å². The van der Waals surface area contributed by atoms with Crippen molar-refractivity contribution in [3.63, 3.8) is 0 Å². The predicted molar refractivity (Wildman–Crippen MR) is 150 cm³/mol. The summed E-state index contributed by atoms with van der Waals surface area (Å²) in [5, 5.41) is 16.9. The van der Waals surface area contributed by atoms with Gasteiger partial charge < -0.3 is 5.11 Å². The first kappa shape index (κ1) is 21.5. The Morgan fingerprint density at radius 1 is 0.543 bits per heavy atom. The molecule has 0 amide bonds. The summed E-state index contributed by atoms with van der Waals surface area (Å²) >= 11 is 1.62. The monoisotopic (exact) mass is 485 g/mol. The van der Waals surface area contributed by atoms with E-state index >= 15 is 0 Å². The molecule has 1 N–H and O–H groups in total. The standard InChI is InChI=1S/C31H23NOSSi/c33-29-21-20-26(22-27(29)31-32-28-18-10-11-19-30(28)34-31)35(23-12-4-1-5-13-23,24-14-6-2-7-15-24)25-16-8-3-9-17-25/h1-22,33H. The Labute approximate surface area is 209 Å². The van der Waals surface area contributed by atoms with E-state index in [4.69, 9.17) is 4.98 Å². The van der Waals surface area contributed by atoms with Gasteiger partial charge in [0.2, 0.25) is 0 Å². The third-order valence-electron chi connectivity index (χ3n) is 6.57. The van der Waals surface area contributed by atoms with E-state index in [1.54, 1.807) is 11.3 Å². The molecule has 0 fully saturated rings. The van der Waals surface area contributed by atoms with Crippen LogP contribution in [0, 0.1) is 0 Å². The van der Waals surface area contributed by atoms with Gasteiger partial charge in [0.25, 0.3) is 0 Å². The van der Waals surface area contributed by atoms with Crippen molar-refractivity contribution >= 4 is 50.4 Å². The lowest BCUT2D eigenvalue weighted by molar-refractivity contribution is 0.477. The number of hydrogen-bond acceptors (Lipinski definition) is 3. The Balaban J connectivity index is 1.68. The second-order valence-electron chi connectivity index (χ2n) is 8.57. The van der Waals surface area contributed by atoms with Crippen LogP contribution in [0.25, 0.3) is 20.8 Å². The smallest absolute Gasteiger partial charge is 0.179 e. The lowest BCUT2D eigenvalue weighted by atomic mass is 10.2. The SMILES string of the molecule is Oc1ccc([Si](c2ccccc2)(c2ccccc2)c2ccccc2)cc1-c1nc2ccccc2s1. The summed E-state index contributed by atoms with van der Waals surface area (Å²) in [7, 11) is -2.66. The minimum Gasteiger partial charge on any atom is -0.507 e. The minimum atomic E-state index is -2.66. The first-order valence-electron chi connectivity index (χ1n) is 11.6. The van der Waals surface area contributed by atoms with E-state index in [1.807, 2.05) is 24.3 Å². The van der Waals surface area contributed by atoms with Gasteiger partial charge in [-0.05, 0) is 45.0 Å². The average Bonchev–Trinajstić information content (AvgIpc) is 3.36. The fourth-order valence-electron chi connectivity index (χ4n) is 4.99. The van der Waals surface area contributed by atoms with Crippen molar-refractivity contribution in [1.82, 2.24) is 4.98 Å². The molecule has 0 spiro atoms. The summed E-state index contributed by atoms with van der Waals surface area (Å²) in [5.74, 6) is 0.255. The molecule has 1 aromatic heterocycles. The highest BCUT2D eigenvalue weighted by atomic mass is 32.1. The Morgan fingerprint density at radius 3 is 1.60 bits per heavy atom. The van der Waals surface area contributed by atoms with Crippen LogP contribution in [0.2, 0.25) is 0 Å². The molecule has 0 saturated carbocycles. The summed E-state index contributed by atoms with van der Waals surface area (Å²) < 4.78 is 1.12. The fourth-order valence-corrected chi connectivity index (χ4v) is 10.8. The number of aromatic hydroxyl groups is 1. The van der Waals surface area contributed by atoms with Crippen molar-refractivity contribution in [1.29, 1.82) is 0 Å². The number of nitrogens with zero attached hydrogens (tertiary/aromatic N) is 1. The summed E-state index contributed by atoms with van der Waals surface area (Å²) in [5.41, 5.74) is 1.73. The highest BCUT2D eigenvalue weighted by Crippen LogP contribution is 2.35. The highest BCUT2D eigenvalue weighted by Gasteiger charge is 2.41. The van der Waals surface area contributed by atoms with Crippen LogP contribution in [0.15, 0.2) is 133 Å². The molecule has 5 aromatic carbocycles. The molecular weight excluding hydrogens is 463 g/mol. The molecule has 4 heteroatoms. The third-order valence-corrected chi connectivity index (χ3v) is 12.4. The largest absolute Gasteiger partial charge is 0.507 e. The van der Waals surface area contributed by atoms with Crippen LogP contribution < -0.4 is 20.7 Å². The van der Waals surface area contributed by atoms with Gasteiger partial charge in [0.05, 0.1) is 15.8 Å². The fraction of sp³-hybridized carbons (Fsp3) is 0. The van der Waals surface area contributed by atoms with Crippen molar-refractivity contribution < 1.29 is 5.11 Å². The zero-order chi connectivity index (χ0) is 23.7. The predicted octanol–water partition coefficient (Wildman–Crippen LogP) is 5.05. The topological polar surface area (TPSA) is 33.1 Å². The molecule has 0 atom stereocenters. The van der Waals surface area contributed by atoms with Crippen LogP contribution in [-0.2, 0) is 0 Å². The van der Waals surface area contributed by atoms with Gasteiger partial charge in [0.1, 0.15) is 10.8 Å². The van der Waals surface area contributed by atoms with E-state index in [0.717, 1.165) is 20.8 Å². The zero-order valence-electron chi connectivity index (χ0n) is 19.0. The van der Waals surface area contributed by atoms with E-state index in [9.17, 15) is 5.11 Å². The Morgan fingerprint density at radius 2 is 1.06 bits per heavy atom. The number of rotatable bonds is 5. The Kier molecular flexibility index (Phi) is 5.53. The van der Waals surface area contributed by atoms with Crippen molar-refractivity contribution in [3.05, 3.63) is 133 Å². The van der Waals surface area contributed by atoms with Crippen molar-refractivity contribution in [2.24, 2.45) is 0 Å². The van der Waals surface area contributed by atoms with Gasteiger partial charge in [-0.2, -0.15) is 0 Å². The lowest BCUT2D eigenvalue weighted by Crippen LogP contribution is -2.74. The van der Waals surface area contributed by atoms with Gasteiger partial charge in [0.15, 0.2) is 8.07 Å². The quantitative estimate of drug-likeness (QED) is 0.274. The number of phenols is 1. The molecule has 2 nitrogen and oxygen atoms in total. The second-order valence-corrected chi connectivity index (χ2v) is 13.4. The van der Waals surface area contributed by atoms with E-state index in [1.165, 1.54) is 20.7 Å². The van der Waals surface area contributed by atoms with Crippen LogP contribution in [0.3, 0.4) is 0 Å². The average molecular weight is 486 g/mol. The summed E-state index contributed by atoms with van der Waals surface area (Å²) in [6.07, 6.45) is 0. The molecule has 0 aliphatic rings. The molecule has 1 heterocycles. The van der Waals surface area contributed by atoms with Crippen molar-refractivity contribution in [2.45, 2.75) is 0 Å². The van der Waals surface area contributed by atoms with E-state index in [0.29, 0.717) is 0 Å². The number of thiazole rings is 1. The maximum atomic E-state index is 11.0. The molecule has 35 heavy (non-hydrogen) atoms. The molecule has 0 bridgehead atoms. The molecule has 0 radical (unpaired) electrons. The molecule has 0 aliphatic carbocycles. The van der Waals surface area contributed by atoms with E-state index in [2.05, 4.69) is 109 Å². The number of fused-ring (bicyclic) bond motifs is 1. The number of hydrogen-bond donors (Lipinski definition) is 1. The number of phenolic OH excluding ortho intramolecular Hbond substituents is 1. The molecule has 6 rings (SSSR count). The van der Waals surface area contributed by atoms with Crippen molar-refractivity contribution in [2.75, 3.05) is 0 Å².